The van der Waals surface area contributed by atoms with Crippen molar-refractivity contribution in [3.05, 3.63) is 47.0 Å². The summed E-state index contributed by atoms with van der Waals surface area (Å²) in [6, 6.07) is 8.87. The fraction of sp³-hybridized carbons (Fsp3) is 0.556. The Kier molecular flexibility index (Phi) is 7.34. The molecule has 2 heterocycles. The summed E-state index contributed by atoms with van der Waals surface area (Å²) >= 11 is 6.21. The zero-order valence-electron chi connectivity index (χ0n) is 14.7. The van der Waals surface area contributed by atoms with E-state index >= 15 is 0 Å². The van der Waals surface area contributed by atoms with E-state index < -0.39 is 0 Å². The van der Waals surface area contributed by atoms with E-state index in [1.54, 1.807) is 6.33 Å². The molecular weight excluding hydrogens is 393 g/mol. The van der Waals surface area contributed by atoms with Gasteiger partial charge in [0, 0.05) is 29.6 Å². The molecule has 1 aromatic heterocycles. The van der Waals surface area contributed by atoms with E-state index in [0.717, 1.165) is 43.3 Å². The van der Waals surface area contributed by atoms with Crippen molar-refractivity contribution in [2.75, 3.05) is 13.1 Å². The van der Waals surface area contributed by atoms with Crippen LogP contribution in [0.15, 0.2) is 30.6 Å². The van der Waals surface area contributed by atoms with Crippen LogP contribution in [0.5, 0.6) is 0 Å². The first-order valence-electron chi connectivity index (χ1n) is 8.77. The highest BCUT2D eigenvalue weighted by molar-refractivity contribution is 6.30. The predicted molar refractivity (Wildman–Crippen MR) is 109 cm³/mol. The molecule has 2 aromatic rings. The van der Waals surface area contributed by atoms with Gasteiger partial charge in [0.1, 0.15) is 12.2 Å². The molecule has 5 nitrogen and oxygen atoms in total. The lowest BCUT2D eigenvalue weighted by Crippen LogP contribution is -2.47. The Hall–Kier alpha value is -0.850. The van der Waals surface area contributed by atoms with Gasteiger partial charge >= 0.3 is 0 Å². The van der Waals surface area contributed by atoms with Gasteiger partial charge in [-0.15, -0.1) is 24.8 Å². The Balaban J connectivity index is 0.00000121. The molecular formula is C18H26Cl3N5. The van der Waals surface area contributed by atoms with Gasteiger partial charge < -0.3 is 5.73 Å². The smallest absolute Gasteiger partial charge is 0.141 e. The fourth-order valence-electron chi connectivity index (χ4n) is 4.34. The molecule has 1 aliphatic heterocycles. The molecule has 0 amide bonds. The maximum absolute atomic E-state index is 6.22. The van der Waals surface area contributed by atoms with Crippen LogP contribution >= 0.6 is 36.4 Å². The summed E-state index contributed by atoms with van der Waals surface area (Å²) in [4.78, 5) is 6.95. The molecule has 0 radical (unpaired) electrons. The van der Waals surface area contributed by atoms with Crippen molar-refractivity contribution in [3.8, 4) is 0 Å². The second kappa shape index (κ2) is 8.89. The predicted octanol–water partition coefficient (Wildman–Crippen LogP) is 3.43. The normalized spacial score (nSPS) is 25.7. The van der Waals surface area contributed by atoms with Gasteiger partial charge in [-0.2, -0.15) is 5.10 Å². The van der Waals surface area contributed by atoms with Crippen LogP contribution in [0.25, 0.3) is 0 Å². The molecule has 2 N–H and O–H groups in total. The minimum Gasteiger partial charge on any atom is -0.330 e. The average molecular weight is 419 g/mol. The molecule has 1 aliphatic carbocycles. The van der Waals surface area contributed by atoms with Gasteiger partial charge in [-0.3, -0.25) is 4.90 Å². The summed E-state index contributed by atoms with van der Waals surface area (Å²) < 4.78 is 2.02. The molecule has 144 valence electrons. The number of fused-ring (bicyclic) bond motifs is 1. The zero-order chi connectivity index (χ0) is 16.6. The summed E-state index contributed by atoms with van der Waals surface area (Å²) in [5.74, 6) is 1.09. The van der Waals surface area contributed by atoms with Crippen LogP contribution in [0.4, 0.5) is 0 Å². The average Bonchev–Trinajstić information content (AvgIpc) is 3.09. The molecule has 1 aromatic carbocycles. The quantitative estimate of drug-likeness (QED) is 0.829. The lowest BCUT2D eigenvalue weighted by molar-refractivity contribution is 0.0948. The van der Waals surface area contributed by atoms with Crippen molar-refractivity contribution in [2.24, 2.45) is 5.73 Å². The third-order valence-electron chi connectivity index (χ3n) is 5.90. The van der Waals surface area contributed by atoms with Gasteiger partial charge in [0.25, 0.3) is 0 Å². The number of aromatic nitrogens is 3. The minimum atomic E-state index is 0. The van der Waals surface area contributed by atoms with E-state index in [-0.39, 0.29) is 30.2 Å². The van der Waals surface area contributed by atoms with E-state index in [1.807, 2.05) is 16.8 Å². The van der Waals surface area contributed by atoms with Gasteiger partial charge in [0.15, 0.2) is 0 Å². The third-order valence-corrected chi connectivity index (χ3v) is 6.13. The molecule has 0 bridgehead atoms. The highest BCUT2D eigenvalue weighted by Crippen LogP contribution is 2.41. The van der Waals surface area contributed by atoms with Gasteiger partial charge in [-0.1, -0.05) is 23.7 Å². The molecule has 1 saturated carbocycles. The monoisotopic (exact) mass is 417 g/mol. The van der Waals surface area contributed by atoms with E-state index in [0.29, 0.717) is 12.6 Å². The molecule has 0 saturated heterocycles. The first-order chi connectivity index (χ1) is 11.7. The molecule has 1 fully saturated rings. The summed E-state index contributed by atoms with van der Waals surface area (Å²) in [6.45, 7) is 3.61. The number of nitrogens with zero attached hydrogens (tertiary/aromatic N) is 4. The Bertz CT molecular complexity index is 712. The van der Waals surface area contributed by atoms with Crippen molar-refractivity contribution in [1.82, 2.24) is 19.7 Å². The van der Waals surface area contributed by atoms with Crippen LogP contribution < -0.4 is 5.73 Å². The van der Waals surface area contributed by atoms with Crippen LogP contribution in [0, 0.1) is 0 Å². The summed E-state index contributed by atoms with van der Waals surface area (Å²) in [5.41, 5.74) is 7.60. The van der Waals surface area contributed by atoms with Crippen LogP contribution in [0.2, 0.25) is 5.02 Å². The molecule has 8 heteroatoms. The van der Waals surface area contributed by atoms with Crippen molar-refractivity contribution in [2.45, 2.75) is 50.2 Å². The SMILES string of the molecule is Cl.Cl.NC[C@]1(c2cccc(Cl)c2)CC[C@@H](N2CCn3ncnc3C2)CC1. The first kappa shape index (κ1) is 21.5. The minimum absolute atomic E-state index is 0. The highest BCUT2D eigenvalue weighted by atomic mass is 35.5. The van der Waals surface area contributed by atoms with Crippen molar-refractivity contribution >= 4 is 36.4 Å². The zero-order valence-corrected chi connectivity index (χ0v) is 17.1. The van der Waals surface area contributed by atoms with Crippen LogP contribution in [-0.4, -0.2) is 38.8 Å². The maximum Gasteiger partial charge on any atom is 0.141 e. The second-order valence-corrected chi connectivity index (χ2v) is 7.53. The van der Waals surface area contributed by atoms with E-state index in [1.165, 1.54) is 18.4 Å². The molecule has 4 rings (SSSR count). The van der Waals surface area contributed by atoms with E-state index in [2.05, 4.69) is 27.1 Å². The number of nitrogens with two attached hydrogens (primary N) is 1. The van der Waals surface area contributed by atoms with Gasteiger partial charge in [0.2, 0.25) is 0 Å². The van der Waals surface area contributed by atoms with Gasteiger partial charge in [-0.05, 0) is 43.4 Å². The van der Waals surface area contributed by atoms with Crippen LogP contribution in [0.3, 0.4) is 0 Å². The Morgan fingerprint density at radius 2 is 1.96 bits per heavy atom. The fourth-order valence-corrected chi connectivity index (χ4v) is 4.53. The van der Waals surface area contributed by atoms with Crippen molar-refractivity contribution < 1.29 is 0 Å². The second-order valence-electron chi connectivity index (χ2n) is 7.10. The lowest BCUT2D eigenvalue weighted by Gasteiger charge is -2.44. The molecule has 0 atom stereocenters. The van der Waals surface area contributed by atoms with Crippen molar-refractivity contribution in [3.63, 3.8) is 0 Å². The maximum atomic E-state index is 6.22. The number of halogens is 3. The number of hydrogen-bond acceptors (Lipinski definition) is 4. The van der Waals surface area contributed by atoms with Crippen molar-refractivity contribution in [1.29, 1.82) is 0 Å². The standard InChI is InChI=1S/C18H24ClN5.2ClH/c19-15-3-1-2-14(10-15)18(12-20)6-4-16(5-7-18)23-8-9-24-17(11-23)21-13-22-24;;/h1-3,10,13,16H,4-9,11-12,20H2;2*1H/t16-,18+;;. The summed E-state index contributed by atoms with van der Waals surface area (Å²) in [5, 5.41) is 5.07. The lowest BCUT2D eigenvalue weighted by atomic mass is 9.68. The number of benzene rings is 1. The van der Waals surface area contributed by atoms with Crippen LogP contribution in [-0.2, 0) is 18.5 Å². The van der Waals surface area contributed by atoms with Crippen LogP contribution in [0.1, 0.15) is 37.1 Å². The van der Waals surface area contributed by atoms with E-state index in [4.69, 9.17) is 17.3 Å². The Morgan fingerprint density at radius 1 is 1.19 bits per heavy atom. The Morgan fingerprint density at radius 3 is 2.65 bits per heavy atom. The molecule has 0 spiro atoms. The summed E-state index contributed by atoms with van der Waals surface area (Å²) in [7, 11) is 0. The third kappa shape index (κ3) is 4.02. The van der Waals surface area contributed by atoms with Gasteiger partial charge in [-0.25, -0.2) is 9.67 Å². The number of hydrogen-bond donors (Lipinski definition) is 1. The molecule has 2 aliphatic rings. The molecule has 26 heavy (non-hydrogen) atoms. The largest absolute Gasteiger partial charge is 0.330 e. The number of rotatable bonds is 3. The molecule has 0 unspecified atom stereocenters. The summed E-state index contributed by atoms with van der Waals surface area (Å²) in [6.07, 6.45) is 6.27. The van der Waals surface area contributed by atoms with Gasteiger partial charge in [0.05, 0.1) is 13.1 Å². The topological polar surface area (TPSA) is 60.0 Å². The first-order valence-corrected chi connectivity index (χ1v) is 9.15. The Labute approximate surface area is 172 Å². The van der Waals surface area contributed by atoms with E-state index in [9.17, 15) is 0 Å². The highest BCUT2D eigenvalue weighted by Gasteiger charge is 2.38.